The first-order valence-electron chi connectivity index (χ1n) is 8.21. The number of amides is 1. The summed E-state index contributed by atoms with van der Waals surface area (Å²) >= 11 is 1.39. The maximum atomic E-state index is 12.3. The summed E-state index contributed by atoms with van der Waals surface area (Å²) in [5.74, 6) is 0.145. The Morgan fingerprint density at radius 2 is 2.23 bits per heavy atom. The van der Waals surface area contributed by atoms with Crippen molar-refractivity contribution in [3.05, 3.63) is 47.4 Å². The molecule has 1 saturated heterocycles. The molecule has 0 aromatic carbocycles. The van der Waals surface area contributed by atoms with Gasteiger partial charge in [0.1, 0.15) is 0 Å². The summed E-state index contributed by atoms with van der Waals surface area (Å²) in [7, 11) is 0. The van der Waals surface area contributed by atoms with E-state index in [4.69, 9.17) is 9.26 Å². The van der Waals surface area contributed by atoms with Gasteiger partial charge in [-0.2, -0.15) is 0 Å². The molecule has 1 fully saturated rings. The number of thiazole rings is 1. The van der Waals surface area contributed by atoms with Gasteiger partial charge in [0.2, 0.25) is 0 Å². The molecule has 0 spiro atoms. The van der Waals surface area contributed by atoms with Gasteiger partial charge in [-0.15, -0.1) is 11.3 Å². The van der Waals surface area contributed by atoms with E-state index in [1.807, 2.05) is 11.4 Å². The second kappa shape index (κ2) is 7.73. The molecule has 1 aliphatic heterocycles. The lowest BCUT2D eigenvalue weighted by Gasteiger charge is -2.25. The molecule has 3 aromatic heterocycles. The minimum absolute atomic E-state index is 0.203. The predicted octanol–water partition coefficient (Wildman–Crippen LogP) is 2.28. The molecule has 0 bridgehead atoms. The fourth-order valence-corrected chi connectivity index (χ4v) is 3.31. The van der Waals surface area contributed by atoms with Crippen LogP contribution in [0, 0.1) is 0 Å². The smallest absolute Gasteiger partial charge is 0.279 e. The Morgan fingerprint density at radius 1 is 1.35 bits per heavy atom. The Hall–Kier alpha value is -2.62. The number of hydrogen-bond acceptors (Lipinski definition) is 8. The van der Waals surface area contributed by atoms with Gasteiger partial charge in [-0.3, -0.25) is 20.0 Å². The number of anilines is 1. The zero-order valence-corrected chi connectivity index (χ0v) is 14.7. The largest absolute Gasteiger partial charge is 0.379 e. The molecular formula is C17H17N5O3S. The highest BCUT2D eigenvalue weighted by molar-refractivity contribution is 7.13. The third kappa shape index (κ3) is 3.96. The van der Waals surface area contributed by atoms with Gasteiger partial charge in [0.15, 0.2) is 16.6 Å². The second-order valence-corrected chi connectivity index (χ2v) is 6.66. The van der Waals surface area contributed by atoms with E-state index in [1.165, 1.54) is 11.3 Å². The predicted molar refractivity (Wildman–Crippen MR) is 95.9 cm³/mol. The van der Waals surface area contributed by atoms with Crippen LogP contribution in [0.3, 0.4) is 0 Å². The van der Waals surface area contributed by atoms with Gasteiger partial charge in [0, 0.05) is 49.0 Å². The molecule has 4 heterocycles. The number of carbonyl (C=O) groups is 1. The van der Waals surface area contributed by atoms with Crippen LogP contribution < -0.4 is 5.32 Å². The third-order valence-corrected chi connectivity index (χ3v) is 4.76. The maximum Gasteiger partial charge on any atom is 0.279 e. The summed E-state index contributed by atoms with van der Waals surface area (Å²) in [6.07, 6.45) is 3.32. The number of morpholine rings is 1. The van der Waals surface area contributed by atoms with Crippen LogP contribution in [0.4, 0.5) is 5.13 Å². The topological polar surface area (TPSA) is 93.4 Å². The van der Waals surface area contributed by atoms with Crippen LogP contribution in [-0.2, 0) is 11.3 Å². The first kappa shape index (κ1) is 16.8. The summed E-state index contributed by atoms with van der Waals surface area (Å²) in [4.78, 5) is 23.1. The quantitative estimate of drug-likeness (QED) is 0.735. The van der Waals surface area contributed by atoms with E-state index in [9.17, 15) is 4.79 Å². The van der Waals surface area contributed by atoms with Gasteiger partial charge in [-0.05, 0) is 12.1 Å². The Bertz CT molecular complexity index is 873. The summed E-state index contributed by atoms with van der Waals surface area (Å²) in [5, 5.41) is 9.10. The summed E-state index contributed by atoms with van der Waals surface area (Å²) in [5.41, 5.74) is 1.90. The summed E-state index contributed by atoms with van der Waals surface area (Å²) < 4.78 is 10.6. The molecule has 1 N–H and O–H groups in total. The molecule has 3 aromatic rings. The molecule has 1 amide bonds. The Morgan fingerprint density at radius 3 is 3.04 bits per heavy atom. The number of rotatable bonds is 5. The first-order chi connectivity index (χ1) is 12.8. The minimum Gasteiger partial charge on any atom is -0.379 e. The molecule has 26 heavy (non-hydrogen) atoms. The molecule has 0 aliphatic carbocycles. The molecule has 4 rings (SSSR count). The van der Waals surface area contributed by atoms with Crippen molar-refractivity contribution < 1.29 is 14.1 Å². The highest BCUT2D eigenvalue weighted by Gasteiger charge is 2.17. The lowest BCUT2D eigenvalue weighted by atomic mass is 10.2. The maximum absolute atomic E-state index is 12.3. The fourth-order valence-electron chi connectivity index (χ4n) is 2.61. The first-order valence-corrected chi connectivity index (χ1v) is 9.09. The van der Waals surface area contributed by atoms with E-state index in [0.29, 0.717) is 10.9 Å². The van der Waals surface area contributed by atoms with Crippen molar-refractivity contribution in [3.8, 4) is 11.3 Å². The van der Waals surface area contributed by atoms with E-state index < -0.39 is 0 Å². The van der Waals surface area contributed by atoms with Gasteiger partial charge in [0.25, 0.3) is 5.91 Å². The van der Waals surface area contributed by atoms with Crippen LogP contribution in [0.15, 0.2) is 40.5 Å². The number of pyridine rings is 1. The van der Waals surface area contributed by atoms with Gasteiger partial charge >= 0.3 is 0 Å². The number of nitrogens with zero attached hydrogens (tertiary/aromatic N) is 4. The molecule has 8 nitrogen and oxygen atoms in total. The molecular weight excluding hydrogens is 354 g/mol. The Balaban J connectivity index is 1.38. The zero-order chi connectivity index (χ0) is 17.8. The van der Waals surface area contributed by atoms with Gasteiger partial charge in [0.05, 0.1) is 18.9 Å². The third-order valence-electron chi connectivity index (χ3n) is 3.95. The molecule has 0 unspecified atom stereocenters. The molecule has 1 aliphatic rings. The number of carbonyl (C=O) groups excluding carboxylic acids is 1. The minimum atomic E-state index is -0.351. The van der Waals surface area contributed by atoms with Crippen LogP contribution in [-0.4, -0.2) is 52.2 Å². The fraction of sp³-hybridized carbons (Fsp3) is 0.294. The average Bonchev–Trinajstić information content (AvgIpc) is 3.33. The average molecular weight is 371 g/mol. The van der Waals surface area contributed by atoms with Crippen molar-refractivity contribution in [1.29, 1.82) is 0 Å². The number of nitrogens with one attached hydrogen (secondary N) is 1. The standard InChI is InChI=1S/C17H17N5O3S/c23-16(14-8-15(25-21-14)12-2-1-3-18-9-12)20-17-19-13(11-26-17)10-22-4-6-24-7-5-22/h1-3,8-9,11H,4-7,10H2,(H,19,20,23). The number of ether oxygens (including phenoxy) is 1. The number of aromatic nitrogens is 3. The van der Waals surface area contributed by atoms with Crippen LogP contribution >= 0.6 is 11.3 Å². The lowest BCUT2D eigenvalue weighted by molar-refractivity contribution is 0.0337. The summed E-state index contributed by atoms with van der Waals surface area (Å²) in [6.45, 7) is 4.05. The highest BCUT2D eigenvalue weighted by Crippen LogP contribution is 2.21. The lowest BCUT2D eigenvalue weighted by Crippen LogP contribution is -2.35. The van der Waals surface area contributed by atoms with Crippen molar-refractivity contribution in [2.75, 3.05) is 31.6 Å². The van der Waals surface area contributed by atoms with E-state index in [-0.39, 0.29) is 11.6 Å². The van der Waals surface area contributed by atoms with Crippen molar-refractivity contribution >= 4 is 22.4 Å². The van der Waals surface area contributed by atoms with Gasteiger partial charge < -0.3 is 9.26 Å². The van der Waals surface area contributed by atoms with Crippen molar-refractivity contribution in [2.45, 2.75) is 6.54 Å². The van der Waals surface area contributed by atoms with Crippen LogP contribution in [0.5, 0.6) is 0 Å². The monoisotopic (exact) mass is 371 g/mol. The van der Waals surface area contributed by atoms with Gasteiger partial charge in [-0.25, -0.2) is 4.98 Å². The van der Waals surface area contributed by atoms with Crippen molar-refractivity contribution in [2.24, 2.45) is 0 Å². The van der Waals surface area contributed by atoms with E-state index in [1.54, 1.807) is 24.5 Å². The highest BCUT2D eigenvalue weighted by atomic mass is 32.1. The summed E-state index contributed by atoms with van der Waals surface area (Å²) in [6, 6.07) is 5.23. The molecule has 0 atom stereocenters. The second-order valence-electron chi connectivity index (χ2n) is 5.80. The molecule has 0 saturated carbocycles. The van der Waals surface area contributed by atoms with E-state index >= 15 is 0 Å². The SMILES string of the molecule is O=C(Nc1nc(CN2CCOCC2)cs1)c1cc(-c2cccnc2)on1. The van der Waals surface area contributed by atoms with E-state index in [0.717, 1.165) is 44.1 Å². The van der Waals surface area contributed by atoms with Crippen molar-refractivity contribution in [3.63, 3.8) is 0 Å². The zero-order valence-electron chi connectivity index (χ0n) is 13.9. The number of hydrogen-bond donors (Lipinski definition) is 1. The normalized spacial score (nSPS) is 15.1. The Labute approximate surface area is 153 Å². The molecule has 0 radical (unpaired) electrons. The van der Waals surface area contributed by atoms with Crippen LogP contribution in [0.25, 0.3) is 11.3 Å². The van der Waals surface area contributed by atoms with Crippen LogP contribution in [0.2, 0.25) is 0 Å². The van der Waals surface area contributed by atoms with Crippen molar-refractivity contribution in [1.82, 2.24) is 20.0 Å². The van der Waals surface area contributed by atoms with Crippen LogP contribution in [0.1, 0.15) is 16.2 Å². The Kier molecular flexibility index (Phi) is 5.00. The van der Waals surface area contributed by atoms with Gasteiger partial charge in [-0.1, -0.05) is 5.16 Å². The van der Waals surface area contributed by atoms with E-state index in [2.05, 4.69) is 25.3 Å². The molecule has 9 heteroatoms. The molecule has 134 valence electrons.